The van der Waals surface area contributed by atoms with Crippen LogP contribution in [0.5, 0.6) is 0 Å². The van der Waals surface area contributed by atoms with Crippen molar-refractivity contribution in [3.05, 3.63) is 58.8 Å². The Morgan fingerprint density at radius 2 is 2.00 bits per heavy atom. The molecule has 2 aromatic rings. The van der Waals surface area contributed by atoms with E-state index in [1.54, 1.807) is 18.4 Å². The molecular weight excluding hydrogens is 253 g/mol. The first-order chi connectivity index (χ1) is 8.70. The van der Waals surface area contributed by atoms with Crippen LogP contribution in [0.2, 0.25) is 5.22 Å². The molecule has 1 aromatic heterocycles. The van der Waals surface area contributed by atoms with Gasteiger partial charge >= 0.3 is 0 Å². The fourth-order valence-electron chi connectivity index (χ4n) is 1.95. The highest BCUT2D eigenvalue weighted by atomic mass is 35.5. The van der Waals surface area contributed by atoms with E-state index >= 15 is 0 Å². The maximum atomic E-state index is 12.9. The number of rotatable bonds is 5. The minimum absolute atomic E-state index is 0.0757. The maximum absolute atomic E-state index is 12.9. The van der Waals surface area contributed by atoms with Gasteiger partial charge < -0.3 is 9.73 Å². The van der Waals surface area contributed by atoms with Gasteiger partial charge in [0, 0.05) is 11.6 Å². The molecule has 0 spiro atoms. The van der Waals surface area contributed by atoms with Crippen molar-refractivity contribution in [2.24, 2.45) is 0 Å². The maximum Gasteiger partial charge on any atom is 0.197 e. The zero-order chi connectivity index (χ0) is 13.0. The highest BCUT2D eigenvalue weighted by molar-refractivity contribution is 6.29. The van der Waals surface area contributed by atoms with E-state index in [9.17, 15) is 4.39 Å². The van der Waals surface area contributed by atoms with E-state index in [0.717, 1.165) is 24.1 Å². The highest BCUT2D eigenvalue weighted by Gasteiger charge is 2.16. The van der Waals surface area contributed by atoms with Crippen LogP contribution in [0.4, 0.5) is 4.39 Å². The van der Waals surface area contributed by atoms with Crippen LogP contribution in [-0.4, -0.2) is 6.54 Å². The summed E-state index contributed by atoms with van der Waals surface area (Å²) in [5.74, 6) is -0.222. The van der Waals surface area contributed by atoms with Crippen LogP contribution in [0.3, 0.4) is 0 Å². The van der Waals surface area contributed by atoms with Gasteiger partial charge in [0.05, 0.1) is 6.26 Å². The number of furan rings is 1. The second-order valence-electron chi connectivity index (χ2n) is 4.09. The summed E-state index contributed by atoms with van der Waals surface area (Å²) in [5, 5.41) is 3.76. The molecule has 0 aliphatic rings. The fraction of sp³-hybridized carbons (Fsp3) is 0.286. The first-order valence-corrected chi connectivity index (χ1v) is 6.29. The van der Waals surface area contributed by atoms with Gasteiger partial charge in [-0.1, -0.05) is 19.1 Å². The largest absolute Gasteiger partial charge is 0.453 e. The molecule has 0 radical (unpaired) electrons. The van der Waals surface area contributed by atoms with Gasteiger partial charge in [0.25, 0.3) is 0 Å². The quantitative estimate of drug-likeness (QED) is 0.887. The lowest BCUT2D eigenvalue weighted by atomic mass is 10.0. The zero-order valence-electron chi connectivity index (χ0n) is 10.1. The average Bonchev–Trinajstić information content (AvgIpc) is 2.78. The summed E-state index contributed by atoms with van der Waals surface area (Å²) >= 11 is 6.00. The molecule has 0 saturated carbocycles. The second kappa shape index (κ2) is 6.03. The number of halogens is 2. The smallest absolute Gasteiger partial charge is 0.197 e. The van der Waals surface area contributed by atoms with Crippen molar-refractivity contribution in [3.63, 3.8) is 0 Å². The highest BCUT2D eigenvalue weighted by Crippen LogP contribution is 2.26. The molecular formula is C14H15ClFNO. The van der Waals surface area contributed by atoms with Crippen LogP contribution in [-0.2, 0) is 6.42 Å². The first kappa shape index (κ1) is 13.1. The molecule has 2 nitrogen and oxygen atoms in total. The minimum atomic E-state index is -0.222. The summed E-state index contributed by atoms with van der Waals surface area (Å²) < 4.78 is 18.0. The lowest BCUT2D eigenvalue weighted by Gasteiger charge is -2.17. The molecule has 0 aliphatic carbocycles. The van der Waals surface area contributed by atoms with Crippen molar-refractivity contribution in [1.82, 2.24) is 5.32 Å². The van der Waals surface area contributed by atoms with Gasteiger partial charge in [-0.2, -0.15) is 0 Å². The molecule has 18 heavy (non-hydrogen) atoms. The summed E-state index contributed by atoms with van der Waals surface area (Å²) in [6, 6.07) is 8.44. The Hall–Kier alpha value is -1.32. The van der Waals surface area contributed by atoms with Crippen LogP contribution in [0.15, 0.2) is 41.0 Å². The molecule has 1 N–H and O–H groups in total. The number of hydrogen-bond donors (Lipinski definition) is 1. The average molecular weight is 268 g/mol. The van der Waals surface area contributed by atoms with Crippen molar-refractivity contribution in [2.75, 3.05) is 6.54 Å². The second-order valence-corrected chi connectivity index (χ2v) is 4.43. The van der Waals surface area contributed by atoms with Crippen LogP contribution in [0.1, 0.15) is 24.1 Å². The van der Waals surface area contributed by atoms with Crippen molar-refractivity contribution < 1.29 is 8.81 Å². The Bertz CT molecular complexity index is 495. The minimum Gasteiger partial charge on any atom is -0.453 e. The zero-order valence-corrected chi connectivity index (χ0v) is 10.9. The Morgan fingerprint density at radius 3 is 2.56 bits per heavy atom. The van der Waals surface area contributed by atoms with Crippen LogP contribution in [0, 0.1) is 5.82 Å². The van der Waals surface area contributed by atoms with E-state index in [2.05, 4.69) is 5.32 Å². The van der Waals surface area contributed by atoms with E-state index in [1.807, 2.05) is 13.0 Å². The van der Waals surface area contributed by atoms with E-state index < -0.39 is 0 Å². The summed E-state index contributed by atoms with van der Waals surface area (Å²) in [6.45, 7) is 2.86. The lowest BCUT2D eigenvalue weighted by Crippen LogP contribution is -2.22. The predicted octanol–water partition coefficient (Wildman–Crippen LogP) is 3.97. The first-order valence-electron chi connectivity index (χ1n) is 5.91. The van der Waals surface area contributed by atoms with Crippen LogP contribution >= 0.6 is 11.6 Å². The lowest BCUT2D eigenvalue weighted by molar-refractivity contribution is 0.525. The SMILES string of the molecule is CCNC(Cc1ccc(F)cc1)c1ccoc1Cl. The van der Waals surface area contributed by atoms with Crippen LogP contribution in [0.25, 0.3) is 0 Å². The topological polar surface area (TPSA) is 25.2 Å². The van der Waals surface area contributed by atoms with E-state index in [4.69, 9.17) is 16.0 Å². The van der Waals surface area contributed by atoms with E-state index in [-0.39, 0.29) is 11.9 Å². The van der Waals surface area contributed by atoms with Crippen LogP contribution < -0.4 is 5.32 Å². The van der Waals surface area contributed by atoms with Crippen molar-refractivity contribution in [2.45, 2.75) is 19.4 Å². The molecule has 0 amide bonds. The van der Waals surface area contributed by atoms with Crippen molar-refractivity contribution >= 4 is 11.6 Å². The fourth-order valence-corrected chi connectivity index (χ4v) is 2.19. The van der Waals surface area contributed by atoms with Gasteiger partial charge in [-0.05, 0) is 48.3 Å². The predicted molar refractivity (Wildman–Crippen MR) is 70.2 cm³/mol. The van der Waals surface area contributed by atoms with E-state index in [1.165, 1.54) is 12.1 Å². The van der Waals surface area contributed by atoms with Crippen molar-refractivity contribution in [3.8, 4) is 0 Å². The van der Waals surface area contributed by atoms with Gasteiger partial charge in [0.2, 0.25) is 0 Å². The Morgan fingerprint density at radius 1 is 1.28 bits per heavy atom. The molecule has 0 saturated heterocycles. The molecule has 0 bridgehead atoms. The third kappa shape index (κ3) is 3.12. The number of hydrogen-bond acceptors (Lipinski definition) is 2. The summed E-state index contributed by atoms with van der Waals surface area (Å²) in [6.07, 6.45) is 2.32. The molecule has 1 unspecified atom stereocenters. The number of nitrogens with one attached hydrogen (secondary N) is 1. The normalized spacial score (nSPS) is 12.6. The Balaban J connectivity index is 2.16. The standard InChI is InChI=1S/C14H15ClFNO/c1-2-17-13(12-7-8-18-14(12)15)9-10-3-5-11(16)6-4-10/h3-8,13,17H,2,9H2,1H3. The molecule has 96 valence electrons. The molecule has 0 aliphatic heterocycles. The molecule has 2 rings (SSSR count). The van der Waals surface area contributed by atoms with Gasteiger partial charge in [0.1, 0.15) is 5.82 Å². The summed E-state index contributed by atoms with van der Waals surface area (Å²) in [5.41, 5.74) is 1.99. The molecule has 4 heteroatoms. The van der Waals surface area contributed by atoms with Gasteiger partial charge in [-0.25, -0.2) is 4.39 Å². The molecule has 0 fully saturated rings. The third-order valence-corrected chi connectivity index (χ3v) is 3.13. The summed E-state index contributed by atoms with van der Waals surface area (Å²) in [7, 11) is 0. The number of benzene rings is 1. The molecule has 1 heterocycles. The molecule has 1 atom stereocenters. The Labute approximate surface area is 111 Å². The van der Waals surface area contributed by atoms with Gasteiger partial charge in [0.15, 0.2) is 5.22 Å². The third-order valence-electron chi connectivity index (χ3n) is 2.83. The number of likely N-dealkylation sites (N-methyl/N-ethyl adjacent to an activating group) is 1. The van der Waals surface area contributed by atoms with Gasteiger partial charge in [-0.15, -0.1) is 0 Å². The summed E-state index contributed by atoms with van der Waals surface area (Å²) in [4.78, 5) is 0. The monoisotopic (exact) mass is 267 g/mol. The van der Waals surface area contributed by atoms with Crippen molar-refractivity contribution in [1.29, 1.82) is 0 Å². The van der Waals surface area contributed by atoms with Gasteiger partial charge in [-0.3, -0.25) is 0 Å². The molecule has 1 aromatic carbocycles. The van der Waals surface area contributed by atoms with E-state index in [0.29, 0.717) is 5.22 Å². The Kier molecular flexibility index (Phi) is 4.39.